The number of nitrogens with one attached hydrogen (secondary N) is 1. The fraction of sp³-hybridized carbons (Fsp3) is 0.500. The van der Waals surface area contributed by atoms with Gasteiger partial charge in [-0.3, -0.25) is 5.10 Å². The second-order valence-electron chi connectivity index (χ2n) is 4.26. The quantitative estimate of drug-likeness (QED) is 0.545. The molecule has 3 heterocycles. The minimum absolute atomic E-state index is 0.128. The third kappa shape index (κ3) is 1.62. The van der Waals surface area contributed by atoms with Crippen LogP contribution in [0.2, 0.25) is 0 Å². The molecule has 2 aromatic heterocycles. The standard InChI is InChI=1S/C10H13N5O3/c11-10-8-6(12-3-13-10)7(14-15-8)9-5(17)1-4(2-16)18-9/h3-5,9,16-17H,1-2H2,(H,14,15)(H2,11,12,13)/t4-,5+,9+/m0/s1. The number of nitrogens with two attached hydrogens (primary N) is 1. The van der Waals surface area contributed by atoms with Crippen molar-refractivity contribution in [2.45, 2.75) is 24.7 Å². The summed E-state index contributed by atoms with van der Waals surface area (Å²) in [7, 11) is 0. The molecule has 0 saturated carbocycles. The molecule has 0 aromatic carbocycles. The van der Waals surface area contributed by atoms with E-state index in [0.717, 1.165) is 0 Å². The Labute approximate surface area is 102 Å². The molecule has 3 rings (SSSR count). The summed E-state index contributed by atoms with van der Waals surface area (Å²) in [6, 6.07) is 0. The van der Waals surface area contributed by atoms with E-state index in [9.17, 15) is 5.11 Å². The lowest BCUT2D eigenvalue weighted by atomic mass is 10.1. The van der Waals surface area contributed by atoms with E-state index in [2.05, 4.69) is 20.2 Å². The lowest BCUT2D eigenvalue weighted by Crippen LogP contribution is -2.13. The van der Waals surface area contributed by atoms with Crippen LogP contribution < -0.4 is 5.73 Å². The minimum Gasteiger partial charge on any atom is -0.394 e. The highest BCUT2D eigenvalue weighted by Gasteiger charge is 2.37. The van der Waals surface area contributed by atoms with Crippen LogP contribution in [0.1, 0.15) is 18.2 Å². The van der Waals surface area contributed by atoms with E-state index in [1.807, 2.05) is 0 Å². The highest BCUT2D eigenvalue weighted by atomic mass is 16.5. The van der Waals surface area contributed by atoms with Gasteiger partial charge in [0.05, 0.1) is 24.5 Å². The average molecular weight is 251 g/mol. The molecule has 96 valence electrons. The molecule has 1 saturated heterocycles. The van der Waals surface area contributed by atoms with Crippen LogP contribution in [-0.2, 0) is 4.74 Å². The van der Waals surface area contributed by atoms with Crippen molar-refractivity contribution in [1.29, 1.82) is 0 Å². The summed E-state index contributed by atoms with van der Waals surface area (Å²) in [6.45, 7) is -0.128. The first kappa shape index (κ1) is 11.3. The Bertz CT molecular complexity index is 572. The number of fused-ring (bicyclic) bond motifs is 1. The summed E-state index contributed by atoms with van der Waals surface area (Å²) in [5.41, 5.74) is 7.22. The fourth-order valence-electron chi connectivity index (χ4n) is 2.19. The summed E-state index contributed by atoms with van der Waals surface area (Å²) < 4.78 is 5.54. The molecule has 0 bridgehead atoms. The van der Waals surface area contributed by atoms with Crippen LogP contribution in [-0.4, -0.2) is 49.2 Å². The Morgan fingerprint density at radius 2 is 2.28 bits per heavy atom. The van der Waals surface area contributed by atoms with Gasteiger partial charge in [0.1, 0.15) is 17.9 Å². The van der Waals surface area contributed by atoms with Gasteiger partial charge in [0.15, 0.2) is 11.3 Å². The number of hydrogen-bond acceptors (Lipinski definition) is 7. The van der Waals surface area contributed by atoms with Crippen molar-refractivity contribution in [3.05, 3.63) is 12.0 Å². The molecule has 8 heteroatoms. The van der Waals surface area contributed by atoms with E-state index in [0.29, 0.717) is 23.1 Å². The van der Waals surface area contributed by atoms with Crippen LogP contribution in [0.15, 0.2) is 6.33 Å². The molecule has 2 aromatic rings. The number of nitrogens with zero attached hydrogens (tertiary/aromatic N) is 3. The molecule has 18 heavy (non-hydrogen) atoms. The second kappa shape index (κ2) is 4.16. The van der Waals surface area contributed by atoms with Crippen LogP contribution in [0, 0.1) is 0 Å². The molecule has 1 aliphatic heterocycles. The van der Waals surface area contributed by atoms with E-state index in [-0.39, 0.29) is 18.5 Å². The molecule has 0 unspecified atom stereocenters. The van der Waals surface area contributed by atoms with E-state index in [4.69, 9.17) is 15.6 Å². The number of aliphatic hydroxyl groups is 2. The average Bonchev–Trinajstić information content (AvgIpc) is 2.93. The number of ether oxygens (including phenoxy) is 1. The van der Waals surface area contributed by atoms with Gasteiger partial charge in [0.2, 0.25) is 0 Å². The van der Waals surface area contributed by atoms with Crippen molar-refractivity contribution in [2.24, 2.45) is 0 Å². The molecular formula is C10H13N5O3. The maximum absolute atomic E-state index is 9.93. The predicted octanol–water partition coefficient (Wildman–Crippen LogP) is -0.882. The highest BCUT2D eigenvalue weighted by Crippen LogP contribution is 2.35. The number of rotatable bonds is 2. The van der Waals surface area contributed by atoms with Crippen molar-refractivity contribution in [3.8, 4) is 0 Å². The van der Waals surface area contributed by atoms with Crippen LogP contribution in [0.3, 0.4) is 0 Å². The highest BCUT2D eigenvalue weighted by molar-refractivity contribution is 5.85. The van der Waals surface area contributed by atoms with Crippen LogP contribution in [0.25, 0.3) is 11.0 Å². The minimum atomic E-state index is -0.706. The molecule has 8 nitrogen and oxygen atoms in total. The van der Waals surface area contributed by atoms with Gasteiger partial charge in [-0.2, -0.15) is 5.10 Å². The molecule has 0 aliphatic carbocycles. The number of aliphatic hydroxyl groups excluding tert-OH is 2. The number of hydrogen-bond donors (Lipinski definition) is 4. The van der Waals surface area contributed by atoms with Crippen molar-refractivity contribution in [3.63, 3.8) is 0 Å². The molecular weight excluding hydrogens is 238 g/mol. The monoisotopic (exact) mass is 251 g/mol. The Morgan fingerprint density at radius 3 is 3.00 bits per heavy atom. The molecule has 0 spiro atoms. The van der Waals surface area contributed by atoms with E-state index in [1.165, 1.54) is 6.33 Å². The van der Waals surface area contributed by atoms with E-state index < -0.39 is 12.2 Å². The molecule has 1 fully saturated rings. The number of nitrogen functional groups attached to an aromatic ring is 1. The molecule has 1 aliphatic rings. The molecule has 5 N–H and O–H groups in total. The largest absolute Gasteiger partial charge is 0.394 e. The fourth-order valence-corrected chi connectivity index (χ4v) is 2.19. The van der Waals surface area contributed by atoms with Gasteiger partial charge in [-0.05, 0) is 0 Å². The first-order chi connectivity index (χ1) is 8.70. The summed E-state index contributed by atoms with van der Waals surface area (Å²) in [6.07, 6.45) is 0.0510. The van der Waals surface area contributed by atoms with Crippen LogP contribution >= 0.6 is 0 Å². The lowest BCUT2D eigenvalue weighted by molar-refractivity contribution is -0.0123. The summed E-state index contributed by atoms with van der Waals surface area (Å²) in [4.78, 5) is 7.93. The SMILES string of the molecule is Nc1ncnc2c([C@@H]3O[C@H](CO)C[C@H]3O)[nH]nc12. The Balaban J connectivity index is 2.02. The van der Waals surface area contributed by atoms with Gasteiger partial charge >= 0.3 is 0 Å². The summed E-state index contributed by atoms with van der Waals surface area (Å²) >= 11 is 0. The first-order valence-corrected chi connectivity index (χ1v) is 5.59. The van der Waals surface area contributed by atoms with Gasteiger partial charge in [-0.15, -0.1) is 0 Å². The van der Waals surface area contributed by atoms with E-state index in [1.54, 1.807) is 0 Å². The van der Waals surface area contributed by atoms with E-state index >= 15 is 0 Å². The zero-order valence-corrected chi connectivity index (χ0v) is 9.45. The van der Waals surface area contributed by atoms with Crippen molar-refractivity contribution >= 4 is 16.9 Å². The predicted molar refractivity (Wildman–Crippen MR) is 61.4 cm³/mol. The van der Waals surface area contributed by atoms with Gasteiger partial charge in [0, 0.05) is 6.42 Å². The van der Waals surface area contributed by atoms with Gasteiger partial charge in [-0.1, -0.05) is 0 Å². The molecule has 0 amide bonds. The Morgan fingerprint density at radius 1 is 1.44 bits per heavy atom. The number of anilines is 1. The van der Waals surface area contributed by atoms with Crippen molar-refractivity contribution in [1.82, 2.24) is 20.2 Å². The number of aromatic amines is 1. The normalized spacial score (nSPS) is 28.0. The van der Waals surface area contributed by atoms with Crippen molar-refractivity contribution < 1.29 is 14.9 Å². The van der Waals surface area contributed by atoms with Gasteiger partial charge < -0.3 is 20.7 Å². The maximum atomic E-state index is 9.93. The first-order valence-electron chi connectivity index (χ1n) is 5.59. The van der Waals surface area contributed by atoms with Crippen LogP contribution in [0.4, 0.5) is 5.82 Å². The Hall–Kier alpha value is -1.77. The zero-order chi connectivity index (χ0) is 12.7. The van der Waals surface area contributed by atoms with Crippen molar-refractivity contribution in [2.75, 3.05) is 12.3 Å². The number of aromatic nitrogens is 4. The third-order valence-corrected chi connectivity index (χ3v) is 3.07. The maximum Gasteiger partial charge on any atom is 0.155 e. The lowest BCUT2D eigenvalue weighted by Gasteiger charge is -2.12. The smallest absolute Gasteiger partial charge is 0.155 e. The molecule has 0 radical (unpaired) electrons. The number of H-pyrrole nitrogens is 1. The Kier molecular flexibility index (Phi) is 2.62. The molecule has 3 atom stereocenters. The van der Waals surface area contributed by atoms with Gasteiger partial charge in [0.25, 0.3) is 0 Å². The zero-order valence-electron chi connectivity index (χ0n) is 9.45. The topological polar surface area (TPSA) is 130 Å². The summed E-state index contributed by atoms with van der Waals surface area (Å²) in [5.74, 6) is 0.272. The van der Waals surface area contributed by atoms with Gasteiger partial charge in [-0.25, -0.2) is 9.97 Å². The third-order valence-electron chi connectivity index (χ3n) is 3.07. The second-order valence-corrected chi connectivity index (χ2v) is 4.26. The summed E-state index contributed by atoms with van der Waals surface area (Å²) in [5, 5.41) is 25.8. The van der Waals surface area contributed by atoms with Crippen LogP contribution in [0.5, 0.6) is 0 Å².